The fraction of sp³-hybridized carbons (Fsp3) is 0.423. The standard InChI is InChI=1S/C26H30N4O2/c1-28(25(31)12-14-30-18-27-24-11-5-4-10-23(24)26(30)32)21-9-6-13-29(17-21)22-15-19-7-2-3-8-20(19)16-22/h2-5,7-8,10-11,18,21-22H,6,9,12-17H2,1H3/t21-/m1/s1. The van der Waals surface area contributed by atoms with Gasteiger partial charge < -0.3 is 4.90 Å². The molecule has 1 saturated heterocycles. The van der Waals surface area contributed by atoms with Crippen molar-refractivity contribution in [2.24, 2.45) is 0 Å². The van der Waals surface area contributed by atoms with Gasteiger partial charge in [0.1, 0.15) is 0 Å². The average Bonchev–Trinajstić information content (AvgIpc) is 3.28. The number of aromatic nitrogens is 2. The van der Waals surface area contributed by atoms with Crippen LogP contribution in [0.5, 0.6) is 0 Å². The predicted molar refractivity (Wildman–Crippen MR) is 126 cm³/mol. The fourth-order valence-electron chi connectivity index (χ4n) is 5.29. The molecule has 3 aromatic rings. The molecule has 1 aliphatic carbocycles. The zero-order chi connectivity index (χ0) is 22.1. The Bertz CT molecular complexity index is 1160. The predicted octanol–water partition coefficient (Wildman–Crippen LogP) is 2.88. The summed E-state index contributed by atoms with van der Waals surface area (Å²) >= 11 is 0. The number of aryl methyl sites for hydroxylation is 1. The van der Waals surface area contributed by atoms with E-state index in [9.17, 15) is 9.59 Å². The molecule has 6 heteroatoms. The third-order valence-electron chi connectivity index (χ3n) is 7.21. The number of piperidine rings is 1. The number of carbonyl (C=O) groups excluding carboxylic acids is 1. The Morgan fingerprint density at radius 3 is 2.59 bits per heavy atom. The molecule has 1 atom stereocenters. The van der Waals surface area contributed by atoms with Crippen molar-refractivity contribution in [3.8, 4) is 0 Å². The lowest BCUT2D eigenvalue weighted by Crippen LogP contribution is -2.51. The van der Waals surface area contributed by atoms with Gasteiger partial charge in [-0.25, -0.2) is 4.98 Å². The molecule has 1 aromatic heterocycles. The summed E-state index contributed by atoms with van der Waals surface area (Å²) in [6, 6.07) is 16.8. The Labute approximate surface area is 188 Å². The molecule has 166 valence electrons. The van der Waals surface area contributed by atoms with E-state index in [-0.39, 0.29) is 17.5 Å². The Hall–Kier alpha value is -2.99. The lowest BCUT2D eigenvalue weighted by molar-refractivity contribution is -0.133. The van der Waals surface area contributed by atoms with Crippen LogP contribution in [-0.2, 0) is 24.2 Å². The zero-order valence-electron chi connectivity index (χ0n) is 18.6. The van der Waals surface area contributed by atoms with Crippen molar-refractivity contribution in [1.82, 2.24) is 19.4 Å². The van der Waals surface area contributed by atoms with Gasteiger partial charge in [0.25, 0.3) is 5.56 Å². The molecular formula is C26H30N4O2. The number of benzene rings is 2. The highest BCUT2D eigenvalue weighted by Crippen LogP contribution is 2.28. The van der Waals surface area contributed by atoms with Crippen LogP contribution in [-0.4, -0.2) is 57.5 Å². The number of nitrogens with zero attached hydrogens (tertiary/aromatic N) is 4. The number of carbonyl (C=O) groups is 1. The van der Waals surface area contributed by atoms with Gasteiger partial charge in [0, 0.05) is 38.6 Å². The second-order valence-corrected chi connectivity index (χ2v) is 9.14. The summed E-state index contributed by atoms with van der Waals surface area (Å²) < 4.78 is 1.55. The summed E-state index contributed by atoms with van der Waals surface area (Å²) in [7, 11) is 1.92. The van der Waals surface area contributed by atoms with Gasteiger partial charge >= 0.3 is 0 Å². The molecule has 0 unspecified atom stereocenters. The molecule has 1 fully saturated rings. The van der Waals surface area contributed by atoms with Crippen molar-refractivity contribution >= 4 is 16.8 Å². The number of rotatable bonds is 5. The first-order valence-electron chi connectivity index (χ1n) is 11.6. The second kappa shape index (κ2) is 8.87. The minimum absolute atomic E-state index is 0.0873. The van der Waals surface area contributed by atoms with Gasteiger partial charge in [-0.2, -0.15) is 0 Å². The largest absolute Gasteiger partial charge is 0.341 e. The highest BCUT2D eigenvalue weighted by molar-refractivity contribution is 5.77. The van der Waals surface area contributed by atoms with Crippen molar-refractivity contribution in [3.05, 3.63) is 76.3 Å². The van der Waals surface area contributed by atoms with E-state index in [1.54, 1.807) is 17.0 Å². The maximum absolute atomic E-state index is 13.0. The van der Waals surface area contributed by atoms with Gasteiger partial charge in [-0.3, -0.25) is 19.1 Å². The first kappa shape index (κ1) is 20.9. The molecule has 0 radical (unpaired) electrons. The van der Waals surface area contributed by atoms with Crippen LogP contribution in [0.25, 0.3) is 10.9 Å². The Kier molecular flexibility index (Phi) is 5.79. The minimum Gasteiger partial charge on any atom is -0.341 e. The van der Waals surface area contributed by atoms with Crippen LogP contribution in [0.15, 0.2) is 59.7 Å². The summed E-state index contributed by atoms with van der Waals surface area (Å²) in [6.07, 6.45) is 6.23. The molecule has 2 heterocycles. The van der Waals surface area contributed by atoms with E-state index in [0.717, 1.165) is 38.8 Å². The summed E-state index contributed by atoms with van der Waals surface area (Å²) in [4.78, 5) is 34.5. The van der Waals surface area contributed by atoms with Crippen molar-refractivity contribution in [2.75, 3.05) is 20.1 Å². The molecule has 0 spiro atoms. The monoisotopic (exact) mass is 430 g/mol. The van der Waals surface area contributed by atoms with Crippen molar-refractivity contribution in [3.63, 3.8) is 0 Å². The van der Waals surface area contributed by atoms with E-state index in [4.69, 9.17) is 0 Å². The number of para-hydroxylation sites is 1. The van der Waals surface area contributed by atoms with Gasteiger partial charge in [-0.15, -0.1) is 0 Å². The number of likely N-dealkylation sites (N-methyl/N-ethyl adjacent to an activating group) is 1. The van der Waals surface area contributed by atoms with Gasteiger partial charge in [0.15, 0.2) is 0 Å². The molecule has 1 aliphatic heterocycles. The third kappa shape index (κ3) is 4.07. The van der Waals surface area contributed by atoms with Gasteiger partial charge in [0.05, 0.1) is 17.2 Å². The number of hydrogen-bond donors (Lipinski definition) is 0. The van der Waals surface area contributed by atoms with Gasteiger partial charge in [-0.05, 0) is 55.5 Å². The maximum atomic E-state index is 13.0. The van der Waals surface area contributed by atoms with Crippen molar-refractivity contribution in [2.45, 2.75) is 50.7 Å². The first-order valence-corrected chi connectivity index (χ1v) is 11.6. The van der Waals surface area contributed by atoms with Crippen LogP contribution < -0.4 is 5.56 Å². The number of hydrogen-bond acceptors (Lipinski definition) is 4. The van der Waals surface area contributed by atoms with Crippen LogP contribution in [0.1, 0.15) is 30.4 Å². The summed E-state index contributed by atoms with van der Waals surface area (Å²) in [6.45, 7) is 2.39. The smallest absolute Gasteiger partial charge is 0.261 e. The molecule has 2 aliphatic rings. The number of likely N-dealkylation sites (tertiary alicyclic amines) is 1. The van der Waals surface area contributed by atoms with E-state index in [0.29, 0.717) is 29.9 Å². The highest BCUT2D eigenvalue weighted by Gasteiger charge is 2.32. The van der Waals surface area contributed by atoms with Crippen LogP contribution in [0.3, 0.4) is 0 Å². The van der Waals surface area contributed by atoms with Crippen molar-refractivity contribution in [1.29, 1.82) is 0 Å². The lowest BCUT2D eigenvalue weighted by atomic mass is 10.0. The van der Waals surface area contributed by atoms with Gasteiger partial charge in [-0.1, -0.05) is 36.4 Å². The highest BCUT2D eigenvalue weighted by atomic mass is 16.2. The van der Waals surface area contributed by atoms with Crippen LogP contribution >= 0.6 is 0 Å². The van der Waals surface area contributed by atoms with E-state index in [1.165, 1.54) is 11.1 Å². The molecule has 0 saturated carbocycles. The topological polar surface area (TPSA) is 58.4 Å². The quantitative estimate of drug-likeness (QED) is 0.625. The number of fused-ring (bicyclic) bond motifs is 2. The molecule has 2 aromatic carbocycles. The Balaban J connectivity index is 1.20. The zero-order valence-corrected chi connectivity index (χ0v) is 18.6. The van der Waals surface area contributed by atoms with Gasteiger partial charge in [0.2, 0.25) is 5.91 Å². The normalized spacial score (nSPS) is 19.2. The van der Waals surface area contributed by atoms with E-state index >= 15 is 0 Å². The molecule has 5 rings (SSSR count). The van der Waals surface area contributed by atoms with E-state index < -0.39 is 0 Å². The molecule has 32 heavy (non-hydrogen) atoms. The molecule has 0 bridgehead atoms. The number of amides is 1. The Morgan fingerprint density at radius 1 is 1.09 bits per heavy atom. The molecule has 0 N–H and O–H groups in total. The third-order valence-corrected chi connectivity index (χ3v) is 7.21. The molecular weight excluding hydrogens is 400 g/mol. The summed E-state index contributed by atoms with van der Waals surface area (Å²) in [5.41, 5.74) is 3.54. The fourth-order valence-corrected chi connectivity index (χ4v) is 5.29. The van der Waals surface area contributed by atoms with E-state index in [2.05, 4.69) is 34.1 Å². The second-order valence-electron chi connectivity index (χ2n) is 9.14. The first-order chi connectivity index (χ1) is 15.6. The molecule has 6 nitrogen and oxygen atoms in total. The van der Waals surface area contributed by atoms with Crippen LogP contribution in [0, 0.1) is 0 Å². The summed E-state index contributed by atoms with van der Waals surface area (Å²) in [5, 5.41) is 0.594. The molecule has 1 amide bonds. The van der Waals surface area contributed by atoms with Crippen molar-refractivity contribution < 1.29 is 4.79 Å². The van der Waals surface area contributed by atoms with Crippen LogP contribution in [0.4, 0.5) is 0 Å². The average molecular weight is 431 g/mol. The van der Waals surface area contributed by atoms with E-state index in [1.807, 2.05) is 30.1 Å². The lowest BCUT2D eigenvalue weighted by Gasteiger charge is -2.40. The Morgan fingerprint density at radius 2 is 1.81 bits per heavy atom. The summed E-state index contributed by atoms with van der Waals surface area (Å²) in [5.74, 6) is 0.0895. The van der Waals surface area contributed by atoms with Crippen LogP contribution in [0.2, 0.25) is 0 Å². The maximum Gasteiger partial charge on any atom is 0.261 e. The minimum atomic E-state index is -0.0873. The SMILES string of the molecule is CN(C(=O)CCn1cnc2ccccc2c1=O)[C@@H]1CCCN(C2Cc3ccccc3C2)C1.